The minimum Gasteiger partial charge on any atom is -0.462 e. The molecule has 0 spiro atoms. The second-order valence-corrected chi connectivity index (χ2v) is 16.6. The number of esters is 2. The molecule has 1 N–H and O–H groups in total. The fraction of sp³-hybridized carbons (Fsp3) is 0.957. The van der Waals surface area contributed by atoms with E-state index in [4.69, 9.17) is 18.9 Å². The Bertz CT molecular complexity index is 761. The molecule has 0 aliphatic carbocycles. The fourth-order valence-electron chi connectivity index (χ4n) is 7.83. The normalized spacial score (nSPS) is 16.1. The highest BCUT2D eigenvalue weighted by Crippen LogP contribution is 2.21. The van der Waals surface area contributed by atoms with E-state index in [1.807, 2.05) is 0 Å². The van der Waals surface area contributed by atoms with Crippen molar-refractivity contribution in [2.75, 3.05) is 39.5 Å². The monoisotopic (exact) mass is 782 g/mol. The summed E-state index contributed by atoms with van der Waals surface area (Å²) in [5.41, 5.74) is 0. The first-order valence-corrected chi connectivity index (χ1v) is 23.9. The first-order valence-electron chi connectivity index (χ1n) is 23.9. The maximum Gasteiger partial charge on any atom is 0.308 e. The summed E-state index contributed by atoms with van der Waals surface area (Å²) in [6.07, 6.45) is 34.3. The molecule has 55 heavy (non-hydrogen) atoms. The van der Waals surface area contributed by atoms with Crippen LogP contribution in [-0.2, 0) is 28.5 Å². The standard InChI is InChI=1S/C47H91NO7/c1-5-9-13-17-21-25-30-42(31-26-22-18-14-10-6-2)54-46(50)34-38-52-44-40-48(36-29-37-49)41-45(44)53-39-35-47(51)55-43(32-27-23-19-15-11-7-3)33-28-24-20-16-12-8-4/h42-45,49H,5-41H2,1-4H3/t44-,45+. The molecule has 0 aromatic carbocycles. The van der Waals surface area contributed by atoms with Crippen molar-refractivity contribution in [2.24, 2.45) is 0 Å². The SMILES string of the molecule is CCCCCCCCC(CCCCCCCC)OC(=O)CCO[C@H]1CN(CCCO)C[C@H]1OCCC(=O)OC(CCCCCCCC)CCCCCCCC. The second-order valence-electron chi connectivity index (χ2n) is 16.6. The van der Waals surface area contributed by atoms with Gasteiger partial charge in [-0.1, -0.05) is 156 Å². The summed E-state index contributed by atoms with van der Waals surface area (Å²) < 4.78 is 24.7. The van der Waals surface area contributed by atoms with Gasteiger partial charge in [0, 0.05) is 26.2 Å². The zero-order chi connectivity index (χ0) is 40.0. The maximum atomic E-state index is 13.0. The van der Waals surface area contributed by atoms with Gasteiger partial charge in [-0.15, -0.1) is 0 Å². The van der Waals surface area contributed by atoms with E-state index >= 15 is 0 Å². The molecule has 2 atom stereocenters. The lowest BCUT2D eigenvalue weighted by Gasteiger charge is -2.21. The van der Waals surface area contributed by atoms with Crippen molar-refractivity contribution in [1.82, 2.24) is 4.90 Å². The summed E-state index contributed by atoms with van der Waals surface area (Å²) in [7, 11) is 0. The Balaban J connectivity index is 2.60. The van der Waals surface area contributed by atoms with E-state index in [1.165, 1.54) is 128 Å². The number of aliphatic hydroxyl groups is 1. The van der Waals surface area contributed by atoms with Crippen LogP contribution in [0.15, 0.2) is 0 Å². The summed E-state index contributed by atoms with van der Waals surface area (Å²) >= 11 is 0. The lowest BCUT2D eigenvalue weighted by Crippen LogP contribution is -2.32. The highest BCUT2D eigenvalue weighted by Gasteiger charge is 2.34. The number of likely N-dealkylation sites (tertiary alicyclic amines) is 1. The first-order chi connectivity index (χ1) is 27.0. The number of unbranched alkanes of at least 4 members (excludes halogenated alkanes) is 20. The van der Waals surface area contributed by atoms with E-state index in [0.717, 1.165) is 57.9 Å². The summed E-state index contributed by atoms with van der Waals surface area (Å²) in [6.45, 7) is 11.8. The Morgan fingerprint density at radius 1 is 0.491 bits per heavy atom. The van der Waals surface area contributed by atoms with Crippen LogP contribution in [0.1, 0.15) is 227 Å². The third kappa shape index (κ3) is 30.5. The Labute approximate surface area is 340 Å². The van der Waals surface area contributed by atoms with E-state index in [0.29, 0.717) is 32.7 Å². The van der Waals surface area contributed by atoms with Crippen LogP contribution in [0.2, 0.25) is 0 Å². The molecule has 1 aliphatic heterocycles. The minimum absolute atomic E-state index is 0.00247. The maximum absolute atomic E-state index is 13.0. The number of carbonyl (C=O) groups is 2. The Morgan fingerprint density at radius 2 is 0.800 bits per heavy atom. The average Bonchev–Trinajstić information content (AvgIpc) is 3.56. The zero-order valence-corrected chi connectivity index (χ0v) is 36.8. The van der Waals surface area contributed by atoms with Crippen molar-refractivity contribution in [3.63, 3.8) is 0 Å². The molecule has 1 rings (SSSR count). The predicted molar refractivity (Wildman–Crippen MR) is 229 cm³/mol. The molecule has 1 saturated heterocycles. The first kappa shape index (κ1) is 51.8. The van der Waals surface area contributed by atoms with Crippen molar-refractivity contribution < 1.29 is 33.6 Å². The average molecular weight is 782 g/mol. The molecule has 0 saturated carbocycles. The number of hydrogen-bond acceptors (Lipinski definition) is 8. The zero-order valence-electron chi connectivity index (χ0n) is 36.8. The van der Waals surface area contributed by atoms with E-state index in [9.17, 15) is 14.7 Å². The van der Waals surface area contributed by atoms with Crippen molar-refractivity contribution in [1.29, 1.82) is 0 Å². The fourth-order valence-corrected chi connectivity index (χ4v) is 7.83. The van der Waals surface area contributed by atoms with Crippen molar-refractivity contribution >= 4 is 11.9 Å². The molecule has 0 aromatic heterocycles. The van der Waals surface area contributed by atoms with Crippen LogP contribution in [0, 0.1) is 0 Å². The van der Waals surface area contributed by atoms with Gasteiger partial charge in [0.05, 0.1) is 38.3 Å². The molecule has 0 unspecified atom stereocenters. The van der Waals surface area contributed by atoms with E-state index < -0.39 is 0 Å². The number of hydrogen-bond donors (Lipinski definition) is 1. The number of ether oxygens (including phenoxy) is 4. The van der Waals surface area contributed by atoms with Gasteiger partial charge in [-0.05, 0) is 57.8 Å². The van der Waals surface area contributed by atoms with Gasteiger partial charge in [0.15, 0.2) is 0 Å². The smallest absolute Gasteiger partial charge is 0.308 e. The molecule has 0 amide bonds. The molecule has 8 nitrogen and oxygen atoms in total. The van der Waals surface area contributed by atoms with Gasteiger partial charge in [0.25, 0.3) is 0 Å². The second kappa shape index (κ2) is 38.3. The predicted octanol–water partition coefficient (Wildman–Crippen LogP) is 12.1. The lowest BCUT2D eigenvalue weighted by molar-refractivity contribution is -0.154. The van der Waals surface area contributed by atoms with E-state index in [-0.39, 0.29) is 55.8 Å². The van der Waals surface area contributed by atoms with Gasteiger partial charge in [-0.3, -0.25) is 14.5 Å². The van der Waals surface area contributed by atoms with Crippen molar-refractivity contribution in [2.45, 2.75) is 251 Å². The number of carbonyl (C=O) groups excluding carboxylic acids is 2. The van der Waals surface area contributed by atoms with Crippen molar-refractivity contribution in [3.8, 4) is 0 Å². The van der Waals surface area contributed by atoms with Crippen LogP contribution in [0.5, 0.6) is 0 Å². The summed E-state index contributed by atoms with van der Waals surface area (Å²) in [4.78, 5) is 28.3. The quantitative estimate of drug-likeness (QED) is 0.0484. The summed E-state index contributed by atoms with van der Waals surface area (Å²) in [5.74, 6) is -0.345. The summed E-state index contributed by atoms with van der Waals surface area (Å²) in [6, 6.07) is 0. The molecule has 0 aromatic rings. The highest BCUT2D eigenvalue weighted by molar-refractivity contribution is 5.70. The summed E-state index contributed by atoms with van der Waals surface area (Å²) in [5, 5.41) is 9.42. The molecule has 1 aliphatic rings. The topological polar surface area (TPSA) is 94.5 Å². The Kier molecular flexibility index (Phi) is 36.1. The van der Waals surface area contributed by atoms with Gasteiger partial charge in [0.2, 0.25) is 0 Å². The number of nitrogens with zero attached hydrogens (tertiary/aromatic N) is 1. The highest BCUT2D eigenvalue weighted by atomic mass is 16.6. The molecule has 326 valence electrons. The van der Waals surface area contributed by atoms with Crippen LogP contribution in [-0.4, -0.2) is 85.8 Å². The van der Waals surface area contributed by atoms with Gasteiger partial charge in [0.1, 0.15) is 12.2 Å². The Hall–Kier alpha value is -1.22. The van der Waals surface area contributed by atoms with Gasteiger partial charge in [-0.2, -0.15) is 0 Å². The van der Waals surface area contributed by atoms with Crippen LogP contribution in [0.4, 0.5) is 0 Å². The number of rotatable bonds is 41. The minimum atomic E-state index is -0.197. The largest absolute Gasteiger partial charge is 0.462 e. The molecule has 0 radical (unpaired) electrons. The van der Waals surface area contributed by atoms with Crippen LogP contribution >= 0.6 is 0 Å². The molecular formula is C47H91NO7. The van der Waals surface area contributed by atoms with Gasteiger partial charge in [-0.25, -0.2) is 0 Å². The molecule has 0 bridgehead atoms. The van der Waals surface area contributed by atoms with Gasteiger partial charge < -0.3 is 24.1 Å². The molecule has 1 fully saturated rings. The molecule has 1 heterocycles. The van der Waals surface area contributed by atoms with Crippen molar-refractivity contribution in [3.05, 3.63) is 0 Å². The number of aliphatic hydroxyl groups excluding tert-OH is 1. The van der Waals surface area contributed by atoms with E-state index in [2.05, 4.69) is 32.6 Å². The van der Waals surface area contributed by atoms with Crippen LogP contribution in [0.25, 0.3) is 0 Å². The molecule has 8 heteroatoms. The van der Waals surface area contributed by atoms with Crippen LogP contribution < -0.4 is 0 Å². The van der Waals surface area contributed by atoms with Gasteiger partial charge >= 0.3 is 11.9 Å². The molecular weight excluding hydrogens is 691 g/mol. The third-order valence-corrected chi connectivity index (χ3v) is 11.3. The third-order valence-electron chi connectivity index (χ3n) is 11.3. The van der Waals surface area contributed by atoms with E-state index in [1.54, 1.807) is 0 Å². The Morgan fingerprint density at radius 3 is 1.11 bits per heavy atom. The van der Waals surface area contributed by atoms with Crippen LogP contribution in [0.3, 0.4) is 0 Å². The lowest BCUT2D eigenvalue weighted by atomic mass is 10.0.